The predicted molar refractivity (Wildman–Crippen MR) is 44.5 cm³/mol. The Balaban J connectivity index is 2.95. The zero-order chi connectivity index (χ0) is 10.4. The van der Waals surface area contributed by atoms with Crippen LogP contribution in [0.2, 0.25) is 0 Å². The van der Waals surface area contributed by atoms with E-state index >= 15 is 0 Å². The summed E-state index contributed by atoms with van der Waals surface area (Å²) in [6, 6.07) is 0. The molecular formula is C9H16F2O2. The maximum absolute atomic E-state index is 13.4. The quantitative estimate of drug-likeness (QED) is 0.659. The summed E-state index contributed by atoms with van der Waals surface area (Å²) < 4.78 is 26.9. The van der Waals surface area contributed by atoms with Gasteiger partial charge in [-0.1, -0.05) is 20.8 Å². The van der Waals surface area contributed by atoms with E-state index in [1.54, 1.807) is 13.8 Å². The molecule has 0 aromatic heterocycles. The van der Waals surface area contributed by atoms with Crippen LogP contribution in [-0.4, -0.2) is 28.3 Å². The van der Waals surface area contributed by atoms with Crippen molar-refractivity contribution in [2.45, 2.75) is 38.9 Å². The Kier molecular flexibility index (Phi) is 2.65. The lowest BCUT2D eigenvalue weighted by Gasteiger charge is -2.26. The summed E-state index contributed by atoms with van der Waals surface area (Å²) in [5, 5.41) is 18.7. The number of halogens is 2. The summed E-state index contributed by atoms with van der Waals surface area (Å²) in [6.45, 7) is 4.54. The first-order valence-corrected chi connectivity index (χ1v) is 4.54. The molecule has 13 heavy (non-hydrogen) atoms. The molecule has 0 aliphatic heterocycles. The summed E-state index contributed by atoms with van der Waals surface area (Å²) in [5.74, 6) is -5.58. The topological polar surface area (TPSA) is 40.5 Å². The largest absolute Gasteiger partial charge is 0.390 e. The maximum atomic E-state index is 13.4. The minimum atomic E-state index is -2.97. The van der Waals surface area contributed by atoms with E-state index < -0.39 is 30.0 Å². The van der Waals surface area contributed by atoms with Gasteiger partial charge in [0.05, 0.1) is 18.1 Å². The molecule has 1 rings (SSSR count). The van der Waals surface area contributed by atoms with Crippen molar-refractivity contribution in [1.29, 1.82) is 0 Å². The SMILES string of the molecule is CC(C)C1C(O)C(O)C(C)C1(F)F. The van der Waals surface area contributed by atoms with Gasteiger partial charge in [0.15, 0.2) is 0 Å². The average molecular weight is 194 g/mol. The van der Waals surface area contributed by atoms with Gasteiger partial charge in [0, 0.05) is 5.92 Å². The molecule has 1 aliphatic carbocycles. The van der Waals surface area contributed by atoms with Gasteiger partial charge >= 0.3 is 0 Å². The van der Waals surface area contributed by atoms with Crippen molar-refractivity contribution in [3.8, 4) is 0 Å². The van der Waals surface area contributed by atoms with Crippen LogP contribution in [0, 0.1) is 17.8 Å². The average Bonchev–Trinajstić information content (AvgIpc) is 2.12. The Hall–Kier alpha value is -0.220. The second-order valence-electron chi connectivity index (χ2n) is 4.21. The Morgan fingerprint density at radius 2 is 1.62 bits per heavy atom. The number of aliphatic hydroxyl groups is 2. The van der Waals surface area contributed by atoms with E-state index in [1.165, 1.54) is 6.92 Å². The smallest absolute Gasteiger partial charge is 0.258 e. The summed E-state index contributed by atoms with van der Waals surface area (Å²) >= 11 is 0. The second-order valence-corrected chi connectivity index (χ2v) is 4.21. The molecular weight excluding hydrogens is 178 g/mol. The lowest BCUT2D eigenvalue weighted by atomic mass is 9.89. The lowest BCUT2D eigenvalue weighted by Crippen LogP contribution is -2.35. The molecule has 1 saturated carbocycles. The molecule has 1 fully saturated rings. The van der Waals surface area contributed by atoms with E-state index in [0.717, 1.165) is 0 Å². The fourth-order valence-corrected chi connectivity index (χ4v) is 2.11. The van der Waals surface area contributed by atoms with Gasteiger partial charge in [0.1, 0.15) is 0 Å². The lowest BCUT2D eigenvalue weighted by molar-refractivity contribution is -0.102. The van der Waals surface area contributed by atoms with Gasteiger partial charge in [-0.15, -0.1) is 0 Å². The molecule has 2 nitrogen and oxygen atoms in total. The predicted octanol–water partition coefficient (Wildman–Crippen LogP) is 1.27. The van der Waals surface area contributed by atoms with Crippen molar-refractivity contribution in [2.75, 3.05) is 0 Å². The molecule has 4 atom stereocenters. The number of rotatable bonds is 1. The van der Waals surface area contributed by atoms with Crippen molar-refractivity contribution >= 4 is 0 Å². The van der Waals surface area contributed by atoms with E-state index in [2.05, 4.69) is 0 Å². The van der Waals surface area contributed by atoms with Crippen LogP contribution in [0.5, 0.6) is 0 Å². The minimum Gasteiger partial charge on any atom is -0.390 e. The maximum Gasteiger partial charge on any atom is 0.258 e. The van der Waals surface area contributed by atoms with Crippen molar-refractivity contribution < 1.29 is 19.0 Å². The molecule has 0 bridgehead atoms. The number of alkyl halides is 2. The molecule has 4 unspecified atom stereocenters. The molecule has 0 heterocycles. The zero-order valence-electron chi connectivity index (χ0n) is 8.04. The van der Waals surface area contributed by atoms with Crippen LogP contribution >= 0.6 is 0 Å². The Morgan fingerprint density at radius 3 is 1.77 bits per heavy atom. The van der Waals surface area contributed by atoms with Gasteiger partial charge in [0.25, 0.3) is 5.92 Å². The number of hydrogen-bond acceptors (Lipinski definition) is 2. The van der Waals surface area contributed by atoms with Crippen molar-refractivity contribution in [2.24, 2.45) is 17.8 Å². The highest BCUT2D eigenvalue weighted by Crippen LogP contribution is 2.48. The van der Waals surface area contributed by atoms with Gasteiger partial charge < -0.3 is 10.2 Å². The monoisotopic (exact) mass is 194 g/mol. The third kappa shape index (κ3) is 1.46. The third-order valence-corrected chi connectivity index (χ3v) is 3.00. The first-order valence-electron chi connectivity index (χ1n) is 4.54. The molecule has 78 valence electrons. The van der Waals surface area contributed by atoms with E-state index in [0.29, 0.717) is 0 Å². The molecule has 0 saturated heterocycles. The minimum absolute atomic E-state index is 0.329. The van der Waals surface area contributed by atoms with Crippen LogP contribution in [0.1, 0.15) is 20.8 Å². The molecule has 0 radical (unpaired) electrons. The molecule has 4 heteroatoms. The molecule has 0 aromatic carbocycles. The fraction of sp³-hybridized carbons (Fsp3) is 1.00. The normalized spacial score (nSPS) is 44.3. The first-order chi connectivity index (χ1) is 5.80. The van der Waals surface area contributed by atoms with Crippen molar-refractivity contribution in [3.63, 3.8) is 0 Å². The number of hydrogen-bond donors (Lipinski definition) is 2. The Morgan fingerprint density at radius 1 is 1.15 bits per heavy atom. The highest BCUT2D eigenvalue weighted by molar-refractivity contribution is 5.02. The van der Waals surface area contributed by atoms with Gasteiger partial charge in [-0.25, -0.2) is 8.78 Å². The molecule has 1 aliphatic rings. The van der Waals surface area contributed by atoms with Crippen LogP contribution in [0.25, 0.3) is 0 Å². The van der Waals surface area contributed by atoms with Crippen LogP contribution in [-0.2, 0) is 0 Å². The Labute approximate surface area is 76.6 Å². The molecule has 2 N–H and O–H groups in total. The van der Waals surface area contributed by atoms with Gasteiger partial charge in [0.2, 0.25) is 0 Å². The van der Waals surface area contributed by atoms with Crippen LogP contribution in [0.15, 0.2) is 0 Å². The fourth-order valence-electron chi connectivity index (χ4n) is 2.11. The highest BCUT2D eigenvalue weighted by atomic mass is 19.3. The third-order valence-electron chi connectivity index (χ3n) is 3.00. The number of aliphatic hydroxyl groups excluding tert-OH is 2. The van der Waals surface area contributed by atoms with E-state index in [4.69, 9.17) is 0 Å². The van der Waals surface area contributed by atoms with Crippen molar-refractivity contribution in [3.05, 3.63) is 0 Å². The first kappa shape index (κ1) is 10.9. The summed E-state index contributed by atoms with van der Waals surface area (Å²) in [7, 11) is 0. The second kappa shape index (κ2) is 3.17. The van der Waals surface area contributed by atoms with E-state index in [1.807, 2.05) is 0 Å². The molecule has 0 aromatic rings. The highest BCUT2D eigenvalue weighted by Gasteiger charge is 2.60. The van der Waals surface area contributed by atoms with Crippen LogP contribution < -0.4 is 0 Å². The summed E-state index contributed by atoms with van der Waals surface area (Å²) in [6.07, 6.45) is -2.60. The van der Waals surface area contributed by atoms with E-state index in [-0.39, 0.29) is 5.92 Å². The summed E-state index contributed by atoms with van der Waals surface area (Å²) in [4.78, 5) is 0. The van der Waals surface area contributed by atoms with Crippen LogP contribution in [0.3, 0.4) is 0 Å². The molecule has 0 spiro atoms. The van der Waals surface area contributed by atoms with Gasteiger partial charge in [-0.2, -0.15) is 0 Å². The van der Waals surface area contributed by atoms with Crippen molar-refractivity contribution in [1.82, 2.24) is 0 Å². The summed E-state index contributed by atoms with van der Waals surface area (Å²) in [5.41, 5.74) is 0. The zero-order valence-corrected chi connectivity index (χ0v) is 8.04. The van der Waals surface area contributed by atoms with Gasteiger partial charge in [-0.3, -0.25) is 0 Å². The van der Waals surface area contributed by atoms with Crippen LogP contribution in [0.4, 0.5) is 8.78 Å². The Bertz CT molecular complexity index is 194. The standard InChI is InChI=1S/C9H16F2O2/c1-4(2)6-8(13)7(12)5(3)9(6,10)11/h4-8,12-13H,1-3H3. The van der Waals surface area contributed by atoms with E-state index in [9.17, 15) is 19.0 Å². The van der Waals surface area contributed by atoms with Gasteiger partial charge in [-0.05, 0) is 5.92 Å². The molecule has 0 amide bonds.